The topological polar surface area (TPSA) is 75.3 Å². The minimum absolute atomic E-state index is 0.000351. The Bertz CT molecular complexity index is 1080. The van der Waals surface area contributed by atoms with E-state index >= 15 is 0 Å². The van der Waals surface area contributed by atoms with Gasteiger partial charge in [0.2, 0.25) is 0 Å². The molecule has 2 aromatic carbocycles. The van der Waals surface area contributed by atoms with E-state index in [0.717, 1.165) is 12.8 Å². The van der Waals surface area contributed by atoms with Gasteiger partial charge in [-0.2, -0.15) is 0 Å². The Kier molecular flexibility index (Phi) is 5.29. The van der Waals surface area contributed by atoms with Crippen LogP contribution in [0.5, 0.6) is 5.75 Å². The van der Waals surface area contributed by atoms with Crippen molar-refractivity contribution in [2.24, 2.45) is 5.92 Å². The predicted molar refractivity (Wildman–Crippen MR) is 107 cm³/mol. The molecule has 0 saturated heterocycles. The number of phenols is 1. The van der Waals surface area contributed by atoms with Gasteiger partial charge in [-0.05, 0) is 37.1 Å². The van der Waals surface area contributed by atoms with Crippen molar-refractivity contribution in [3.63, 3.8) is 0 Å². The lowest BCUT2D eigenvalue weighted by Gasteiger charge is -2.28. The third-order valence-electron chi connectivity index (χ3n) is 5.60. The Morgan fingerprint density at radius 2 is 1.86 bits per heavy atom. The summed E-state index contributed by atoms with van der Waals surface area (Å²) in [7, 11) is 0. The molecule has 1 aliphatic rings. The van der Waals surface area contributed by atoms with E-state index in [1.165, 1.54) is 24.3 Å². The standard InChI is InChI=1S/C21H19BrF2N2O3/c22-11-7-16(23)15(17(24)8-11)10-26-19-9-12(27)5-6-18(19)25-20(26)13-3-1-2-4-14(13)21(28)29/h5-9,13-14,27H,1-4,10H2,(H,28,29). The van der Waals surface area contributed by atoms with Crippen LogP contribution >= 0.6 is 15.9 Å². The van der Waals surface area contributed by atoms with Crippen molar-refractivity contribution in [3.05, 3.63) is 57.8 Å². The maximum Gasteiger partial charge on any atom is 0.307 e. The van der Waals surface area contributed by atoms with Gasteiger partial charge in [-0.1, -0.05) is 28.8 Å². The van der Waals surface area contributed by atoms with Gasteiger partial charge < -0.3 is 14.8 Å². The zero-order chi connectivity index (χ0) is 20.7. The molecule has 2 atom stereocenters. The summed E-state index contributed by atoms with van der Waals surface area (Å²) in [5, 5.41) is 19.6. The summed E-state index contributed by atoms with van der Waals surface area (Å²) in [5.41, 5.74) is 0.918. The largest absolute Gasteiger partial charge is 0.508 e. The Balaban J connectivity index is 1.89. The van der Waals surface area contributed by atoms with Gasteiger partial charge in [0.05, 0.1) is 23.5 Å². The van der Waals surface area contributed by atoms with Gasteiger partial charge in [0.15, 0.2) is 0 Å². The van der Waals surface area contributed by atoms with Crippen LogP contribution in [0.4, 0.5) is 8.78 Å². The van der Waals surface area contributed by atoms with E-state index in [2.05, 4.69) is 20.9 Å². The van der Waals surface area contributed by atoms with E-state index in [9.17, 15) is 23.8 Å². The minimum Gasteiger partial charge on any atom is -0.508 e. The average molecular weight is 465 g/mol. The summed E-state index contributed by atoms with van der Waals surface area (Å²) in [6.07, 6.45) is 2.86. The van der Waals surface area contributed by atoms with E-state index in [0.29, 0.717) is 34.2 Å². The molecule has 0 radical (unpaired) electrons. The van der Waals surface area contributed by atoms with Crippen LogP contribution in [0, 0.1) is 17.6 Å². The molecule has 1 aliphatic carbocycles. The van der Waals surface area contributed by atoms with Crippen molar-refractivity contribution in [2.75, 3.05) is 0 Å². The molecule has 0 bridgehead atoms. The third kappa shape index (κ3) is 3.73. The molecule has 152 valence electrons. The Labute approximate surface area is 174 Å². The fourth-order valence-electron chi connectivity index (χ4n) is 4.20. The first-order chi connectivity index (χ1) is 13.8. The van der Waals surface area contributed by atoms with Crippen LogP contribution in [0.15, 0.2) is 34.8 Å². The minimum atomic E-state index is -0.892. The lowest BCUT2D eigenvalue weighted by atomic mass is 9.78. The Morgan fingerprint density at radius 3 is 2.55 bits per heavy atom. The van der Waals surface area contributed by atoms with Gasteiger partial charge in [0.1, 0.15) is 23.2 Å². The van der Waals surface area contributed by atoms with Gasteiger partial charge in [0, 0.05) is 22.0 Å². The number of aliphatic carboxylic acids is 1. The summed E-state index contributed by atoms with van der Waals surface area (Å²) in [5.74, 6) is -2.78. The highest BCUT2D eigenvalue weighted by Gasteiger charge is 2.35. The lowest BCUT2D eigenvalue weighted by molar-refractivity contribution is -0.143. The molecule has 29 heavy (non-hydrogen) atoms. The number of benzene rings is 2. The van der Waals surface area contributed by atoms with Crippen LogP contribution in [0.25, 0.3) is 11.0 Å². The van der Waals surface area contributed by atoms with Crippen LogP contribution in [0.1, 0.15) is 43.0 Å². The molecule has 3 aromatic rings. The zero-order valence-corrected chi connectivity index (χ0v) is 17.0. The fourth-order valence-corrected chi connectivity index (χ4v) is 4.60. The Morgan fingerprint density at radius 1 is 1.17 bits per heavy atom. The van der Waals surface area contributed by atoms with Crippen molar-refractivity contribution in [1.82, 2.24) is 9.55 Å². The number of carboxylic acid groups (broad SMARTS) is 1. The SMILES string of the molecule is O=C(O)C1CCCCC1c1nc2ccc(O)cc2n1Cc1c(F)cc(Br)cc1F. The molecule has 2 unspecified atom stereocenters. The molecular formula is C21H19BrF2N2O3. The number of imidazole rings is 1. The average Bonchev–Trinajstić information content (AvgIpc) is 3.02. The normalized spacial score (nSPS) is 19.6. The molecule has 5 nitrogen and oxygen atoms in total. The summed E-state index contributed by atoms with van der Waals surface area (Å²) in [6.45, 7) is -0.150. The Hall–Kier alpha value is -2.48. The zero-order valence-electron chi connectivity index (χ0n) is 15.4. The van der Waals surface area contributed by atoms with Gasteiger partial charge >= 0.3 is 5.97 Å². The van der Waals surface area contributed by atoms with Crippen molar-refractivity contribution in [2.45, 2.75) is 38.1 Å². The first-order valence-electron chi connectivity index (χ1n) is 9.40. The monoisotopic (exact) mass is 464 g/mol. The quantitative estimate of drug-likeness (QED) is 0.556. The number of aromatic nitrogens is 2. The highest BCUT2D eigenvalue weighted by Crippen LogP contribution is 2.39. The molecular weight excluding hydrogens is 446 g/mol. The summed E-state index contributed by atoms with van der Waals surface area (Å²) in [6, 6.07) is 6.97. The molecule has 4 rings (SSSR count). The second kappa shape index (κ2) is 7.74. The summed E-state index contributed by atoms with van der Waals surface area (Å²) < 4.78 is 31.0. The maximum absolute atomic E-state index is 14.5. The van der Waals surface area contributed by atoms with Crippen LogP contribution in [-0.2, 0) is 11.3 Å². The van der Waals surface area contributed by atoms with E-state index in [1.54, 1.807) is 10.6 Å². The third-order valence-corrected chi connectivity index (χ3v) is 6.06. The second-order valence-corrected chi connectivity index (χ2v) is 8.33. The summed E-state index contributed by atoms with van der Waals surface area (Å²) in [4.78, 5) is 16.4. The maximum atomic E-state index is 14.5. The van der Waals surface area contributed by atoms with Crippen molar-refractivity contribution >= 4 is 32.9 Å². The number of carbonyl (C=O) groups is 1. The van der Waals surface area contributed by atoms with Crippen molar-refractivity contribution in [1.29, 1.82) is 0 Å². The number of halogens is 3. The number of phenolic OH excluding ortho intramolecular Hbond substituents is 1. The highest BCUT2D eigenvalue weighted by molar-refractivity contribution is 9.10. The van der Waals surface area contributed by atoms with Gasteiger partial charge in [-0.15, -0.1) is 0 Å². The number of fused-ring (bicyclic) bond motifs is 1. The van der Waals surface area contributed by atoms with Gasteiger partial charge in [-0.25, -0.2) is 13.8 Å². The second-order valence-electron chi connectivity index (χ2n) is 7.41. The number of nitrogens with zero attached hydrogens (tertiary/aromatic N) is 2. The predicted octanol–water partition coefficient (Wildman–Crippen LogP) is 5.19. The first-order valence-corrected chi connectivity index (χ1v) is 10.2. The van der Waals surface area contributed by atoms with E-state index in [4.69, 9.17) is 0 Å². The molecule has 0 amide bonds. The molecule has 1 saturated carbocycles. The molecule has 8 heteroatoms. The van der Waals surface area contributed by atoms with Crippen LogP contribution in [0.2, 0.25) is 0 Å². The van der Waals surface area contributed by atoms with Gasteiger partial charge in [0.25, 0.3) is 0 Å². The fraction of sp³-hybridized carbons (Fsp3) is 0.333. The molecule has 0 spiro atoms. The van der Waals surface area contributed by atoms with Crippen LogP contribution in [0.3, 0.4) is 0 Å². The lowest BCUT2D eigenvalue weighted by Crippen LogP contribution is -2.28. The van der Waals surface area contributed by atoms with Crippen LogP contribution < -0.4 is 0 Å². The van der Waals surface area contributed by atoms with E-state index in [1.807, 2.05) is 0 Å². The highest BCUT2D eigenvalue weighted by atomic mass is 79.9. The number of aromatic hydroxyl groups is 1. The van der Waals surface area contributed by atoms with Crippen molar-refractivity contribution in [3.8, 4) is 5.75 Å². The number of hydrogen-bond acceptors (Lipinski definition) is 3. The number of rotatable bonds is 4. The van der Waals surface area contributed by atoms with Crippen LogP contribution in [-0.4, -0.2) is 25.7 Å². The molecule has 0 aliphatic heterocycles. The molecule has 1 fully saturated rings. The van der Waals surface area contributed by atoms with E-state index < -0.39 is 23.5 Å². The molecule has 1 heterocycles. The van der Waals surface area contributed by atoms with Gasteiger partial charge in [-0.3, -0.25) is 4.79 Å². The summed E-state index contributed by atoms with van der Waals surface area (Å²) >= 11 is 3.08. The number of carboxylic acids is 1. The number of hydrogen-bond donors (Lipinski definition) is 2. The first kappa shape index (κ1) is 19.8. The smallest absolute Gasteiger partial charge is 0.307 e. The molecule has 1 aromatic heterocycles. The molecule has 2 N–H and O–H groups in total. The van der Waals surface area contributed by atoms with Crippen molar-refractivity contribution < 1.29 is 23.8 Å². The van der Waals surface area contributed by atoms with E-state index in [-0.39, 0.29) is 23.8 Å².